The van der Waals surface area contributed by atoms with E-state index in [9.17, 15) is 0 Å². The Hall–Kier alpha value is -2.00. The summed E-state index contributed by atoms with van der Waals surface area (Å²) in [6.07, 6.45) is 6.36. The number of hydrogen-bond acceptors (Lipinski definition) is 3. The minimum Gasteiger partial charge on any atom is -0.378 e. The normalized spacial score (nSPS) is 19.6. The van der Waals surface area contributed by atoms with Crippen LogP contribution in [0.15, 0.2) is 66.7 Å². The average molecular weight is 254 g/mol. The van der Waals surface area contributed by atoms with Gasteiger partial charge in [-0.15, -0.1) is 0 Å². The van der Waals surface area contributed by atoms with E-state index < -0.39 is 0 Å². The molecule has 3 heteroatoms. The SMILES string of the molecule is C=C1C=CC(N2CCOCC2)=CN1c1ccccc1. The van der Waals surface area contributed by atoms with Gasteiger partial charge in [-0.1, -0.05) is 24.8 Å². The van der Waals surface area contributed by atoms with Gasteiger partial charge >= 0.3 is 0 Å². The lowest BCUT2D eigenvalue weighted by Gasteiger charge is -2.33. The molecule has 98 valence electrons. The fourth-order valence-corrected chi connectivity index (χ4v) is 2.36. The number of hydrogen-bond donors (Lipinski definition) is 0. The van der Waals surface area contributed by atoms with Crippen molar-refractivity contribution in [2.75, 3.05) is 31.2 Å². The van der Waals surface area contributed by atoms with E-state index in [1.165, 1.54) is 5.70 Å². The van der Waals surface area contributed by atoms with Gasteiger partial charge in [0.2, 0.25) is 0 Å². The van der Waals surface area contributed by atoms with Crippen molar-refractivity contribution in [3.8, 4) is 0 Å². The molecule has 0 atom stereocenters. The van der Waals surface area contributed by atoms with Crippen LogP contribution in [0.5, 0.6) is 0 Å². The average Bonchev–Trinajstić information content (AvgIpc) is 2.49. The van der Waals surface area contributed by atoms with Gasteiger partial charge in [0.05, 0.1) is 18.9 Å². The maximum atomic E-state index is 5.40. The number of anilines is 1. The minimum atomic E-state index is 0.803. The maximum Gasteiger partial charge on any atom is 0.0642 e. The number of ether oxygens (including phenoxy) is 1. The molecule has 0 radical (unpaired) electrons. The molecule has 0 spiro atoms. The van der Waals surface area contributed by atoms with Gasteiger partial charge in [-0.05, 0) is 24.3 Å². The Bertz CT molecular complexity index is 513. The summed E-state index contributed by atoms with van der Waals surface area (Å²) >= 11 is 0. The van der Waals surface area contributed by atoms with Crippen LogP contribution in [0.2, 0.25) is 0 Å². The smallest absolute Gasteiger partial charge is 0.0642 e. The lowest BCUT2D eigenvalue weighted by molar-refractivity contribution is 0.0552. The molecule has 2 heterocycles. The highest BCUT2D eigenvalue weighted by Gasteiger charge is 2.17. The number of benzene rings is 1. The third kappa shape index (κ3) is 2.56. The van der Waals surface area contributed by atoms with E-state index in [1.807, 2.05) is 18.2 Å². The monoisotopic (exact) mass is 254 g/mol. The Labute approximate surface area is 114 Å². The van der Waals surface area contributed by atoms with Crippen LogP contribution in [-0.4, -0.2) is 31.2 Å². The lowest BCUT2D eigenvalue weighted by Crippen LogP contribution is -2.36. The van der Waals surface area contributed by atoms with Crippen molar-refractivity contribution in [3.63, 3.8) is 0 Å². The molecule has 1 aromatic carbocycles. The van der Waals surface area contributed by atoms with E-state index >= 15 is 0 Å². The maximum absolute atomic E-state index is 5.40. The molecule has 0 saturated carbocycles. The van der Waals surface area contributed by atoms with Crippen LogP contribution >= 0.6 is 0 Å². The Kier molecular flexibility index (Phi) is 3.38. The first kappa shape index (κ1) is 12.1. The van der Waals surface area contributed by atoms with Gasteiger partial charge in [0.25, 0.3) is 0 Å². The van der Waals surface area contributed by atoms with E-state index in [0.717, 1.165) is 37.7 Å². The molecule has 0 aliphatic carbocycles. The minimum absolute atomic E-state index is 0.803. The van der Waals surface area contributed by atoms with Crippen molar-refractivity contribution in [3.05, 3.63) is 66.7 Å². The van der Waals surface area contributed by atoms with Gasteiger partial charge < -0.3 is 14.5 Å². The first-order valence-electron chi connectivity index (χ1n) is 6.60. The highest BCUT2D eigenvalue weighted by molar-refractivity contribution is 5.60. The Balaban J connectivity index is 1.86. The molecule has 0 aromatic heterocycles. The van der Waals surface area contributed by atoms with Gasteiger partial charge in [-0.25, -0.2) is 0 Å². The van der Waals surface area contributed by atoms with E-state index in [-0.39, 0.29) is 0 Å². The van der Waals surface area contributed by atoms with Gasteiger partial charge in [0, 0.05) is 30.7 Å². The summed E-state index contributed by atoms with van der Waals surface area (Å²) in [6.45, 7) is 7.61. The molecular formula is C16H18N2O. The van der Waals surface area contributed by atoms with Crippen LogP contribution in [0.4, 0.5) is 5.69 Å². The fraction of sp³-hybridized carbons (Fsp3) is 0.250. The predicted molar refractivity (Wildman–Crippen MR) is 77.7 cm³/mol. The zero-order valence-corrected chi connectivity index (χ0v) is 11.0. The van der Waals surface area contributed by atoms with Crippen molar-refractivity contribution < 1.29 is 4.74 Å². The quantitative estimate of drug-likeness (QED) is 0.807. The van der Waals surface area contributed by atoms with Crippen LogP contribution in [0.3, 0.4) is 0 Å². The van der Waals surface area contributed by atoms with Crippen LogP contribution in [-0.2, 0) is 4.74 Å². The van der Waals surface area contributed by atoms with E-state index in [4.69, 9.17) is 4.74 Å². The highest BCUT2D eigenvalue weighted by atomic mass is 16.5. The number of nitrogens with zero attached hydrogens (tertiary/aromatic N) is 2. The van der Waals surface area contributed by atoms with Gasteiger partial charge in [-0.2, -0.15) is 0 Å². The number of para-hydroxylation sites is 1. The summed E-state index contributed by atoms with van der Waals surface area (Å²) in [7, 11) is 0. The second-order valence-electron chi connectivity index (χ2n) is 4.68. The third-order valence-corrected chi connectivity index (χ3v) is 3.43. The molecule has 0 amide bonds. The second kappa shape index (κ2) is 5.33. The van der Waals surface area contributed by atoms with Crippen molar-refractivity contribution in [1.82, 2.24) is 4.90 Å². The summed E-state index contributed by atoms with van der Waals surface area (Å²) < 4.78 is 5.40. The highest BCUT2D eigenvalue weighted by Crippen LogP contribution is 2.25. The zero-order chi connectivity index (χ0) is 13.1. The number of allylic oxidation sites excluding steroid dienone is 2. The molecule has 3 nitrogen and oxygen atoms in total. The summed E-state index contributed by atoms with van der Waals surface area (Å²) in [4.78, 5) is 4.48. The summed E-state index contributed by atoms with van der Waals surface area (Å²) in [5, 5.41) is 0. The number of morpholine rings is 1. The van der Waals surface area contributed by atoms with Crippen LogP contribution in [0, 0.1) is 0 Å². The standard InChI is InChI=1S/C16H18N2O/c1-14-7-8-16(17-9-11-19-12-10-17)13-18(14)15-5-3-2-4-6-15/h2-8,13H,1,9-12H2. The molecule has 0 N–H and O–H groups in total. The molecule has 2 aliphatic rings. The molecular weight excluding hydrogens is 236 g/mol. The van der Waals surface area contributed by atoms with Crippen molar-refractivity contribution in [2.45, 2.75) is 0 Å². The van der Waals surface area contributed by atoms with Crippen LogP contribution in [0.25, 0.3) is 0 Å². The lowest BCUT2D eigenvalue weighted by atomic mass is 10.2. The van der Waals surface area contributed by atoms with Gasteiger partial charge in [0.1, 0.15) is 0 Å². The van der Waals surface area contributed by atoms with E-state index in [2.05, 4.69) is 46.9 Å². The first-order valence-corrected chi connectivity index (χ1v) is 6.60. The fourth-order valence-electron chi connectivity index (χ4n) is 2.36. The van der Waals surface area contributed by atoms with Crippen molar-refractivity contribution in [2.24, 2.45) is 0 Å². The van der Waals surface area contributed by atoms with Gasteiger partial charge in [0.15, 0.2) is 0 Å². The Morgan fingerprint density at radius 3 is 2.47 bits per heavy atom. The molecule has 3 rings (SSSR count). The molecule has 0 bridgehead atoms. The van der Waals surface area contributed by atoms with Crippen LogP contribution < -0.4 is 4.90 Å². The number of rotatable bonds is 2. The third-order valence-electron chi connectivity index (χ3n) is 3.43. The first-order chi connectivity index (χ1) is 9.34. The molecule has 2 aliphatic heterocycles. The predicted octanol–water partition coefficient (Wildman–Crippen LogP) is 2.75. The zero-order valence-electron chi connectivity index (χ0n) is 11.0. The second-order valence-corrected chi connectivity index (χ2v) is 4.68. The molecule has 1 saturated heterocycles. The summed E-state index contributed by atoms with van der Waals surface area (Å²) in [5.41, 5.74) is 3.35. The Morgan fingerprint density at radius 1 is 1.00 bits per heavy atom. The van der Waals surface area contributed by atoms with Crippen molar-refractivity contribution >= 4 is 5.69 Å². The Morgan fingerprint density at radius 2 is 1.74 bits per heavy atom. The molecule has 1 aromatic rings. The summed E-state index contributed by atoms with van der Waals surface area (Å²) in [5.74, 6) is 0. The van der Waals surface area contributed by atoms with E-state index in [0.29, 0.717) is 0 Å². The van der Waals surface area contributed by atoms with Gasteiger partial charge in [-0.3, -0.25) is 0 Å². The summed E-state index contributed by atoms with van der Waals surface area (Å²) in [6, 6.07) is 10.3. The molecule has 0 unspecified atom stereocenters. The topological polar surface area (TPSA) is 15.7 Å². The van der Waals surface area contributed by atoms with Crippen molar-refractivity contribution in [1.29, 1.82) is 0 Å². The molecule has 1 fully saturated rings. The largest absolute Gasteiger partial charge is 0.378 e. The molecule has 19 heavy (non-hydrogen) atoms. The van der Waals surface area contributed by atoms with Crippen LogP contribution in [0.1, 0.15) is 0 Å². The van der Waals surface area contributed by atoms with E-state index in [1.54, 1.807) is 0 Å².